The molecule has 0 aromatic heterocycles. The van der Waals surface area contributed by atoms with Gasteiger partial charge < -0.3 is 33.8 Å². The molecule has 92 heavy (non-hydrogen) atoms. The molecule has 6 atom stereocenters. The maximum absolute atomic E-state index is 13.1. The van der Waals surface area contributed by atoms with E-state index in [0.29, 0.717) is 31.6 Å². The SMILES string of the molecule is CCC(C)CCCCCCCCC(=O)OC[C@H](COP(=O)(O)OC[C@H](O)COP(=O)(O)OC[C@@H](COC(=O)CCCCCCCCCCCCCCCCC(C)C)OC(=O)CCCCCCCCCCCCCCC(C)C)OC(=O)CCCCCCCCCC(C)C. The number of rotatable bonds is 70. The lowest BCUT2D eigenvalue weighted by Crippen LogP contribution is -2.30. The molecule has 0 saturated carbocycles. The van der Waals surface area contributed by atoms with Crippen molar-refractivity contribution in [2.75, 3.05) is 39.6 Å². The standard InChI is InChI=1S/C73H142O17P2/c1-9-66(8)52-44-36-31-32-38-46-54-71(76)84-60-69(90-73(78)56-48-40-30-24-27-35-43-51-65(6)7)62-88-92(81,82)86-58-67(74)57-85-91(79,80)87-61-68(89-72(77)55-47-39-29-23-19-15-14-17-21-26-34-42-50-64(4)5)59-83-70(75)53-45-37-28-22-18-13-11-10-12-16-20-25-33-41-49-63(2)3/h63-69,74H,9-62H2,1-8H3,(H,79,80)(H,81,82)/t66?,67-,68-,69-/m1/s1. The van der Waals surface area contributed by atoms with Gasteiger partial charge in [0.2, 0.25) is 0 Å². The van der Waals surface area contributed by atoms with Gasteiger partial charge in [-0.3, -0.25) is 37.3 Å². The summed E-state index contributed by atoms with van der Waals surface area (Å²) < 4.78 is 68.4. The van der Waals surface area contributed by atoms with Crippen LogP contribution in [0.4, 0.5) is 0 Å². The highest BCUT2D eigenvalue weighted by Crippen LogP contribution is 2.45. The third-order valence-corrected chi connectivity index (χ3v) is 19.1. The van der Waals surface area contributed by atoms with E-state index in [1.807, 2.05) is 0 Å². The first-order valence-electron chi connectivity index (χ1n) is 37.7. The number of ether oxygens (including phenoxy) is 4. The van der Waals surface area contributed by atoms with Gasteiger partial charge in [-0.1, -0.05) is 312 Å². The highest BCUT2D eigenvalue weighted by atomic mass is 31.2. The van der Waals surface area contributed by atoms with Gasteiger partial charge >= 0.3 is 39.5 Å². The van der Waals surface area contributed by atoms with E-state index in [2.05, 4.69) is 55.4 Å². The predicted molar refractivity (Wildman–Crippen MR) is 372 cm³/mol. The molecular weight excluding hydrogens is 1210 g/mol. The Morgan fingerprint density at radius 3 is 0.772 bits per heavy atom. The Morgan fingerprint density at radius 1 is 0.304 bits per heavy atom. The summed E-state index contributed by atoms with van der Waals surface area (Å²) in [6.45, 7) is 14.1. The van der Waals surface area contributed by atoms with Crippen LogP contribution in [0, 0.1) is 23.7 Å². The van der Waals surface area contributed by atoms with E-state index < -0.39 is 97.5 Å². The van der Waals surface area contributed by atoms with E-state index in [-0.39, 0.29) is 25.7 Å². The number of hydrogen-bond donors (Lipinski definition) is 3. The number of hydrogen-bond acceptors (Lipinski definition) is 15. The predicted octanol–water partition coefficient (Wildman–Crippen LogP) is 20.9. The number of unbranched alkanes of at least 4 members (excludes halogenated alkanes) is 35. The summed E-state index contributed by atoms with van der Waals surface area (Å²) in [7, 11) is -9.91. The summed E-state index contributed by atoms with van der Waals surface area (Å²) in [5, 5.41) is 10.6. The summed E-state index contributed by atoms with van der Waals surface area (Å²) in [6.07, 6.45) is 45.9. The second-order valence-electron chi connectivity index (χ2n) is 28.0. The first-order chi connectivity index (χ1) is 44.1. The van der Waals surface area contributed by atoms with Crippen LogP contribution in [0.25, 0.3) is 0 Å². The quantitative estimate of drug-likeness (QED) is 0.0222. The van der Waals surface area contributed by atoms with Gasteiger partial charge in [-0.25, -0.2) is 9.13 Å². The number of aliphatic hydroxyl groups excluding tert-OH is 1. The maximum atomic E-state index is 13.1. The number of phosphoric ester groups is 2. The number of phosphoric acid groups is 2. The molecule has 0 fully saturated rings. The van der Waals surface area contributed by atoms with Crippen LogP contribution >= 0.6 is 15.6 Å². The molecule has 0 saturated heterocycles. The van der Waals surface area contributed by atoms with Crippen LogP contribution in [0.1, 0.15) is 364 Å². The minimum atomic E-state index is -4.96. The molecule has 17 nitrogen and oxygen atoms in total. The molecular formula is C73H142O17P2. The second kappa shape index (κ2) is 62.6. The lowest BCUT2D eigenvalue weighted by Gasteiger charge is -2.21. The van der Waals surface area contributed by atoms with Crippen LogP contribution in [0.5, 0.6) is 0 Å². The lowest BCUT2D eigenvalue weighted by atomic mass is 10.00. The number of carbonyl (C=O) groups excluding carboxylic acids is 4. The molecule has 0 aromatic carbocycles. The zero-order valence-electron chi connectivity index (χ0n) is 60.2. The molecule has 0 radical (unpaired) electrons. The molecule has 3 unspecified atom stereocenters. The van der Waals surface area contributed by atoms with Gasteiger partial charge in [0.05, 0.1) is 26.4 Å². The van der Waals surface area contributed by atoms with Crippen molar-refractivity contribution in [1.29, 1.82) is 0 Å². The van der Waals surface area contributed by atoms with Gasteiger partial charge in [-0.15, -0.1) is 0 Å². The summed E-state index contributed by atoms with van der Waals surface area (Å²) in [5.74, 6) is 0.875. The van der Waals surface area contributed by atoms with Gasteiger partial charge in [-0.2, -0.15) is 0 Å². The number of esters is 4. The maximum Gasteiger partial charge on any atom is 0.472 e. The fourth-order valence-corrected chi connectivity index (χ4v) is 12.6. The minimum Gasteiger partial charge on any atom is -0.462 e. The molecule has 0 aromatic rings. The average molecular weight is 1350 g/mol. The van der Waals surface area contributed by atoms with E-state index in [1.165, 1.54) is 161 Å². The van der Waals surface area contributed by atoms with Crippen molar-refractivity contribution in [3.8, 4) is 0 Å². The molecule has 0 bridgehead atoms. The summed E-state index contributed by atoms with van der Waals surface area (Å²) in [5.41, 5.74) is 0. The molecule has 0 spiro atoms. The Bertz CT molecular complexity index is 1820. The molecule has 0 heterocycles. The lowest BCUT2D eigenvalue weighted by molar-refractivity contribution is -0.161. The van der Waals surface area contributed by atoms with Gasteiger partial charge in [0.25, 0.3) is 0 Å². The van der Waals surface area contributed by atoms with Crippen molar-refractivity contribution in [3.63, 3.8) is 0 Å². The number of aliphatic hydroxyl groups is 1. The Hall–Kier alpha value is -1.94. The van der Waals surface area contributed by atoms with E-state index in [0.717, 1.165) is 114 Å². The van der Waals surface area contributed by atoms with Crippen LogP contribution in [0.3, 0.4) is 0 Å². The Labute approximate surface area is 562 Å². The van der Waals surface area contributed by atoms with Crippen molar-refractivity contribution in [2.24, 2.45) is 23.7 Å². The zero-order chi connectivity index (χ0) is 68.2. The summed E-state index contributed by atoms with van der Waals surface area (Å²) >= 11 is 0. The highest BCUT2D eigenvalue weighted by Gasteiger charge is 2.30. The highest BCUT2D eigenvalue weighted by molar-refractivity contribution is 7.47. The van der Waals surface area contributed by atoms with E-state index in [9.17, 15) is 43.2 Å². The monoisotopic (exact) mass is 1350 g/mol. The molecule has 3 N–H and O–H groups in total. The molecule has 0 aliphatic heterocycles. The van der Waals surface area contributed by atoms with E-state index >= 15 is 0 Å². The first-order valence-corrected chi connectivity index (χ1v) is 40.7. The minimum absolute atomic E-state index is 0.102. The van der Waals surface area contributed by atoms with Gasteiger partial charge in [0.1, 0.15) is 19.3 Å². The zero-order valence-corrected chi connectivity index (χ0v) is 62.0. The molecule has 0 rings (SSSR count). The van der Waals surface area contributed by atoms with Gasteiger partial charge in [0, 0.05) is 25.7 Å². The van der Waals surface area contributed by atoms with Crippen molar-refractivity contribution in [1.82, 2.24) is 0 Å². The molecule has 0 aliphatic carbocycles. The first kappa shape index (κ1) is 90.1. The van der Waals surface area contributed by atoms with Crippen LogP contribution < -0.4 is 0 Å². The fourth-order valence-electron chi connectivity index (χ4n) is 11.0. The second-order valence-corrected chi connectivity index (χ2v) is 30.9. The van der Waals surface area contributed by atoms with Crippen LogP contribution in [-0.2, 0) is 65.4 Å². The average Bonchev–Trinajstić information content (AvgIpc) is 1.60. The van der Waals surface area contributed by atoms with Crippen molar-refractivity contribution >= 4 is 39.5 Å². The Morgan fingerprint density at radius 2 is 0.522 bits per heavy atom. The van der Waals surface area contributed by atoms with Gasteiger partial charge in [0.15, 0.2) is 12.2 Å². The Balaban J connectivity index is 5.24. The van der Waals surface area contributed by atoms with E-state index in [1.54, 1.807) is 0 Å². The van der Waals surface area contributed by atoms with Crippen molar-refractivity contribution in [3.05, 3.63) is 0 Å². The molecule has 546 valence electrons. The van der Waals surface area contributed by atoms with Crippen molar-refractivity contribution in [2.45, 2.75) is 382 Å². The normalized spacial score (nSPS) is 14.5. The fraction of sp³-hybridized carbons (Fsp3) is 0.945. The topological polar surface area (TPSA) is 237 Å². The van der Waals surface area contributed by atoms with Crippen LogP contribution in [0.2, 0.25) is 0 Å². The smallest absolute Gasteiger partial charge is 0.462 e. The van der Waals surface area contributed by atoms with Gasteiger partial charge in [-0.05, 0) is 49.4 Å². The third-order valence-electron chi connectivity index (χ3n) is 17.2. The summed E-state index contributed by atoms with van der Waals surface area (Å²) in [4.78, 5) is 72.6. The molecule has 0 aliphatic rings. The summed E-state index contributed by atoms with van der Waals surface area (Å²) in [6, 6.07) is 0. The number of carbonyl (C=O) groups is 4. The van der Waals surface area contributed by atoms with Crippen LogP contribution in [-0.4, -0.2) is 96.7 Å². The molecule has 19 heteroatoms. The van der Waals surface area contributed by atoms with Crippen molar-refractivity contribution < 1.29 is 80.2 Å². The Kier molecular flexibility index (Phi) is 61.3. The molecule has 0 amide bonds. The van der Waals surface area contributed by atoms with E-state index in [4.69, 9.17) is 37.0 Å². The van der Waals surface area contributed by atoms with Crippen LogP contribution in [0.15, 0.2) is 0 Å². The largest absolute Gasteiger partial charge is 0.472 e. The third kappa shape index (κ3) is 65.4.